The molecule has 1 aliphatic rings. The van der Waals surface area contributed by atoms with E-state index >= 15 is 0 Å². The molecule has 1 atom stereocenters. The molecular weight excluding hydrogens is 355 g/mol. The van der Waals surface area contributed by atoms with E-state index in [0.29, 0.717) is 10.8 Å². The van der Waals surface area contributed by atoms with E-state index in [1.165, 1.54) is 41.0 Å². The summed E-state index contributed by atoms with van der Waals surface area (Å²) in [6.07, 6.45) is 4.29. The van der Waals surface area contributed by atoms with Gasteiger partial charge < -0.3 is 9.47 Å². The zero-order valence-electron chi connectivity index (χ0n) is 14.8. The van der Waals surface area contributed by atoms with Gasteiger partial charge in [0.25, 0.3) is 0 Å². The number of Topliss-reactive ketones (excluding diaryl/α,β-unsaturated/α-hetero) is 1. The lowest BCUT2D eigenvalue weighted by Gasteiger charge is -2.19. The Balaban J connectivity index is 1.61. The average molecular weight is 376 g/mol. The highest BCUT2D eigenvalue weighted by Crippen LogP contribution is 2.33. The molecule has 0 fully saturated rings. The van der Waals surface area contributed by atoms with E-state index in [2.05, 4.69) is 6.92 Å². The van der Waals surface area contributed by atoms with E-state index < -0.39 is 24.2 Å². The molecule has 6 heteroatoms. The lowest BCUT2D eigenvalue weighted by Crippen LogP contribution is -2.14. The molecule has 0 radical (unpaired) electrons. The van der Waals surface area contributed by atoms with Crippen LogP contribution < -0.4 is 4.74 Å². The van der Waals surface area contributed by atoms with Crippen molar-refractivity contribution in [2.45, 2.75) is 32.6 Å². The number of halogens is 1. The summed E-state index contributed by atoms with van der Waals surface area (Å²) in [6, 6.07) is 5.81. The van der Waals surface area contributed by atoms with Crippen LogP contribution >= 0.6 is 11.3 Å². The largest absolute Gasteiger partial charge is 0.494 e. The van der Waals surface area contributed by atoms with Gasteiger partial charge in [-0.1, -0.05) is 13.3 Å². The van der Waals surface area contributed by atoms with Crippen molar-refractivity contribution in [1.29, 1.82) is 0 Å². The van der Waals surface area contributed by atoms with Crippen molar-refractivity contribution in [2.75, 3.05) is 13.7 Å². The summed E-state index contributed by atoms with van der Waals surface area (Å²) in [5, 5.41) is 0. The Bertz CT molecular complexity index is 827. The van der Waals surface area contributed by atoms with E-state index in [1.54, 1.807) is 0 Å². The van der Waals surface area contributed by atoms with Crippen LogP contribution in [0.1, 0.15) is 50.2 Å². The first-order valence-corrected chi connectivity index (χ1v) is 9.49. The number of fused-ring (bicyclic) bond motifs is 1. The van der Waals surface area contributed by atoms with Gasteiger partial charge in [0.1, 0.15) is 4.88 Å². The minimum atomic E-state index is -0.624. The van der Waals surface area contributed by atoms with Crippen molar-refractivity contribution in [1.82, 2.24) is 0 Å². The number of ether oxygens (including phenoxy) is 2. The predicted octanol–water partition coefficient (Wildman–Crippen LogP) is 4.45. The number of rotatable bonds is 6. The van der Waals surface area contributed by atoms with Crippen LogP contribution in [0.3, 0.4) is 0 Å². The van der Waals surface area contributed by atoms with E-state index in [1.807, 2.05) is 6.07 Å². The molecule has 26 heavy (non-hydrogen) atoms. The second kappa shape index (κ2) is 7.99. The molecule has 0 aliphatic heterocycles. The van der Waals surface area contributed by atoms with Gasteiger partial charge in [-0.2, -0.15) is 0 Å². The Morgan fingerprint density at radius 2 is 2.12 bits per heavy atom. The third-order valence-corrected chi connectivity index (χ3v) is 5.99. The van der Waals surface area contributed by atoms with Gasteiger partial charge in [-0.3, -0.25) is 4.79 Å². The van der Waals surface area contributed by atoms with Crippen LogP contribution in [0.2, 0.25) is 0 Å². The zero-order valence-corrected chi connectivity index (χ0v) is 15.7. The highest BCUT2D eigenvalue weighted by atomic mass is 32.1. The summed E-state index contributed by atoms with van der Waals surface area (Å²) in [5.41, 5.74) is 1.37. The normalized spacial score (nSPS) is 16.0. The van der Waals surface area contributed by atoms with Crippen LogP contribution in [0.5, 0.6) is 5.75 Å². The molecule has 0 amide bonds. The maximum atomic E-state index is 13.7. The van der Waals surface area contributed by atoms with Crippen molar-refractivity contribution in [3.63, 3.8) is 0 Å². The molecule has 0 bridgehead atoms. The predicted molar refractivity (Wildman–Crippen MR) is 97.7 cm³/mol. The number of carbonyl (C=O) groups is 2. The summed E-state index contributed by atoms with van der Waals surface area (Å²) in [7, 11) is 1.35. The number of hydrogen-bond acceptors (Lipinski definition) is 5. The summed E-state index contributed by atoms with van der Waals surface area (Å²) >= 11 is 1.45. The summed E-state index contributed by atoms with van der Waals surface area (Å²) < 4.78 is 23.6. The van der Waals surface area contributed by atoms with Gasteiger partial charge in [0.15, 0.2) is 24.0 Å². The maximum absolute atomic E-state index is 13.7. The lowest BCUT2D eigenvalue weighted by atomic mass is 9.87. The minimum absolute atomic E-state index is 0.0631. The van der Waals surface area contributed by atoms with Gasteiger partial charge in [0.05, 0.1) is 7.11 Å². The van der Waals surface area contributed by atoms with Crippen LogP contribution in [0.4, 0.5) is 4.39 Å². The van der Waals surface area contributed by atoms with Crippen LogP contribution in [-0.2, 0) is 17.6 Å². The van der Waals surface area contributed by atoms with Gasteiger partial charge in [0.2, 0.25) is 0 Å². The van der Waals surface area contributed by atoms with Gasteiger partial charge in [-0.25, -0.2) is 9.18 Å². The minimum Gasteiger partial charge on any atom is -0.494 e. The fourth-order valence-corrected chi connectivity index (χ4v) is 4.28. The Morgan fingerprint density at radius 1 is 1.31 bits per heavy atom. The van der Waals surface area contributed by atoms with Crippen LogP contribution in [-0.4, -0.2) is 25.5 Å². The fraction of sp³-hybridized carbons (Fsp3) is 0.400. The van der Waals surface area contributed by atoms with E-state index in [-0.39, 0.29) is 11.3 Å². The molecule has 0 saturated heterocycles. The summed E-state index contributed by atoms with van der Waals surface area (Å²) in [5.74, 6) is -0.839. The van der Waals surface area contributed by atoms with Crippen molar-refractivity contribution < 1.29 is 23.5 Å². The molecular formula is C20H21FO4S. The van der Waals surface area contributed by atoms with Gasteiger partial charge >= 0.3 is 5.97 Å². The molecule has 1 aromatic carbocycles. The molecule has 3 rings (SSSR count). The smallest absolute Gasteiger partial charge is 0.348 e. The maximum Gasteiger partial charge on any atom is 0.348 e. The second-order valence-electron chi connectivity index (χ2n) is 6.42. The second-order valence-corrected chi connectivity index (χ2v) is 7.56. The third kappa shape index (κ3) is 3.96. The molecule has 1 aliphatic carbocycles. The Morgan fingerprint density at radius 3 is 2.81 bits per heavy atom. The lowest BCUT2D eigenvalue weighted by molar-refractivity contribution is 0.0479. The summed E-state index contributed by atoms with van der Waals surface area (Å²) in [6.45, 7) is 1.77. The third-order valence-electron chi connectivity index (χ3n) is 4.77. The van der Waals surface area contributed by atoms with Crippen molar-refractivity contribution in [3.05, 3.63) is 51.0 Å². The van der Waals surface area contributed by atoms with Crippen molar-refractivity contribution in [3.8, 4) is 5.75 Å². The quantitative estimate of drug-likeness (QED) is 0.552. The highest BCUT2D eigenvalue weighted by Gasteiger charge is 2.23. The van der Waals surface area contributed by atoms with Gasteiger partial charge in [-0.15, -0.1) is 11.3 Å². The molecule has 1 heterocycles. The Labute approximate surface area is 155 Å². The van der Waals surface area contributed by atoms with E-state index in [4.69, 9.17) is 9.47 Å². The van der Waals surface area contributed by atoms with Gasteiger partial charge in [0, 0.05) is 10.4 Å². The average Bonchev–Trinajstić information content (AvgIpc) is 3.08. The SMILES string of the molecule is CC[C@@H]1CCc2sc(C(=O)OCC(=O)c3ccc(OC)c(F)c3)cc2C1. The number of methoxy groups -OCH3 is 1. The number of ketones is 1. The number of thiophene rings is 1. The molecule has 0 N–H and O–H groups in total. The molecule has 2 aromatic rings. The van der Waals surface area contributed by atoms with Crippen LogP contribution in [0.25, 0.3) is 0 Å². The van der Waals surface area contributed by atoms with Gasteiger partial charge in [-0.05, 0) is 55.0 Å². The Hall–Kier alpha value is -2.21. The zero-order chi connectivity index (χ0) is 18.7. The first-order valence-electron chi connectivity index (χ1n) is 8.67. The molecule has 0 saturated carbocycles. The standard InChI is InChI=1S/C20H21FO4S/c1-3-12-4-7-18-14(8-12)10-19(26-18)20(23)25-11-16(22)13-5-6-17(24-2)15(21)9-13/h5-6,9-10,12H,3-4,7-8,11H2,1-2H3/t12-/m1/s1. The Kier molecular flexibility index (Phi) is 5.71. The number of aryl methyl sites for hydroxylation is 1. The molecule has 0 spiro atoms. The topological polar surface area (TPSA) is 52.6 Å². The molecule has 1 aromatic heterocycles. The molecule has 138 valence electrons. The highest BCUT2D eigenvalue weighted by molar-refractivity contribution is 7.14. The number of carbonyl (C=O) groups excluding carboxylic acids is 2. The first kappa shape index (κ1) is 18.6. The number of esters is 1. The molecule has 0 unspecified atom stereocenters. The van der Waals surface area contributed by atoms with Crippen molar-refractivity contribution >= 4 is 23.1 Å². The molecule has 4 nitrogen and oxygen atoms in total. The number of benzene rings is 1. The monoisotopic (exact) mass is 376 g/mol. The number of hydrogen-bond donors (Lipinski definition) is 0. The first-order chi connectivity index (χ1) is 12.5. The van der Waals surface area contributed by atoms with Crippen LogP contribution in [0.15, 0.2) is 24.3 Å². The van der Waals surface area contributed by atoms with Crippen molar-refractivity contribution in [2.24, 2.45) is 5.92 Å². The summed E-state index contributed by atoms with van der Waals surface area (Å²) in [4.78, 5) is 26.2. The fourth-order valence-electron chi connectivity index (χ4n) is 3.17. The van der Waals surface area contributed by atoms with E-state index in [9.17, 15) is 14.0 Å². The van der Waals surface area contributed by atoms with E-state index in [0.717, 1.165) is 31.7 Å². The van der Waals surface area contributed by atoms with Crippen LogP contribution in [0, 0.1) is 11.7 Å².